The maximum Gasteiger partial charge on any atom is 0.248 e. The monoisotopic (exact) mass is 372 g/mol. The van der Waals surface area contributed by atoms with Crippen LogP contribution in [0.3, 0.4) is 0 Å². The van der Waals surface area contributed by atoms with Gasteiger partial charge in [-0.2, -0.15) is 0 Å². The molecule has 1 aromatic carbocycles. The van der Waals surface area contributed by atoms with Crippen LogP contribution < -0.4 is 9.47 Å². The highest BCUT2D eigenvalue weighted by atomic mass is 16.7. The maximum atomic E-state index is 12.4. The molecule has 7 heteroatoms. The van der Waals surface area contributed by atoms with Crippen molar-refractivity contribution >= 4 is 5.91 Å². The van der Waals surface area contributed by atoms with E-state index < -0.39 is 0 Å². The van der Waals surface area contributed by atoms with Crippen molar-refractivity contribution in [2.75, 3.05) is 19.9 Å². The van der Waals surface area contributed by atoms with Crippen LogP contribution in [-0.2, 0) is 16.1 Å². The normalized spacial score (nSPS) is 18.7. The van der Waals surface area contributed by atoms with Gasteiger partial charge in [-0.3, -0.25) is 4.79 Å². The maximum absolute atomic E-state index is 12.4. The third kappa shape index (κ3) is 3.93. The lowest BCUT2D eigenvalue weighted by molar-refractivity contribution is -0.140. The van der Waals surface area contributed by atoms with Gasteiger partial charge in [-0.05, 0) is 43.9 Å². The van der Waals surface area contributed by atoms with Crippen molar-refractivity contribution in [1.82, 2.24) is 10.1 Å². The third-order valence-electron chi connectivity index (χ3n) is 5.11. The van der Waals surface area contributed by atoms with E-state index in [9.17, 15) is 4.79 Å². The summed E-state index contributed by atoms with van der Waals surface area (Å²) >= 11 is 0. The molecule has 4 rings (SSSR count). The molecule has 1 aromatic heterocycles. The van der Waals surface area contributed by atoms with Gasteiger partial charge < -0.3 is 23.6 Å². The SMILES string of the molecule is CCC1CCCCN1C(=O)COCc1cc(-c2ccc3c(c2)OCO3)on1. The number of benzene rings is 1. The summed E-state index contributed by atoms with van der Waals surface area (Å²) < 4.78 is 21.7. The predicted octanol–water partition coefficient (Wildman–Crippen LogP) is 3.38. The highest BCUT2D eigenvalue weighted by molar-refractivity contribution is 5.77. The van der Waals surface area contributed by atoms with E-state index in [-0.39, 0.29) is 25.9 Å². The minimum Gasteiger partial charge on any atom is -0.454 e. The molecule has 0 N–H and O–H groups in total. The summed E-state index contributed by atoms with van der Waals surface area (Å²) in [6.07, 6.45) is 4.35. The molecule has 0 radical (unpaired) electrons. The molecule has 27 heavy (non-hydrogen) atoms. The van der Waals surface area contributed by atoms with E-state index in [1.165, 1.54) is 6.42 Å². The number of carbonyl (C=O) groups excluding carboxylic acids is 1. The third-order valence-corrected chi connectivity index (χ3v) is 5.11. The number of rotatable bonds is 6. The van der Waals surface area contributed by atoms with Gasteiger partial charge in [0.25, 0.3) is 0 Å². The number of piperidine rings is 1. The van der Waals surface area contributed by atoms with Crippen molar-refractivity contribution in [3.8, 4) is 22.8 Å². The molecule has 3 heterocycles. The summed E-state index contributed by atoms with van der Waals surface area (Å²) in [5.41, 5.74) is 1.51. The molecule has 1 amide bonds. The van der Waals surface area contributed by atoms with E-state index in [1.54, 1.807) is 0 Å². The Balaban J connectivity index is 1.31. The van der Waals surface area contributed by atoms with E-state index in [0.717, 1.165) is 37.1 Å². The Morgan fingerprint density at radius 2 is 2.15 bits per heavy atom. The Bertz CT molecular complexity index is 803. The molecule has 2 aliphatic rings. The first-order valence-electron chi connectivity index (χ1n) is 9.47. The molecule has 1 unspecified atom stereocenters. The molecule has 0 bridgehead atoms. The molecule has 1 fully saturated rings. The molecule has 2 aliphatic heterocycles. The summed E-state index contributed by atoms with van der Waals surface area (Å²) in [6, 6.07) is 7.76. The Morgan fingerprint density at radius 3 is 3.04 bits per heavy atom. The first-order valence-corrected chi connectivity index (χ1v) is 9.47. The summed E-state index contributed by atoms with van der Waals surface area (Å²) in [7, 11) is 0. The molecule has 7 nitrogen and oxygen atoms in total. The predicted molar refractivity (Wildman–Crippen MR) is 97.4 cm³/mol. The van der Waals surface area contributed by atoms with Gasteiger partial charge in [0.15, 0.2) is 17.3 Å². The van der Waals surface area contributed by atoms with Crippen LogP contribution in [0.1, 0.15) is 38.3 Å². The summed E-state index contributed by atoms with van der Waals surface area (Å²) in [6.45, 7) is 3.51. The first kappa shape index (κ1) is 17.9. The van der Waals surface area contributed by atoms with Crippen LogP contribution in [0.2, 0.25) is 0 Å². The lowest BCUT2D eigenvalue weighted by Crippen LogP contribution is -2.45. The fourth-order valence-corrected chi connectivity index (χ4v) is 3.64. The van der Waals surface area contributed by atoms with Crippen molar-refractivity contribution in [3.05, 3.63) is 30.0 Å². The van der Waals surface area contributed by atoms with Gasteiger partial charge in [0.05, 0.1) is 6.61 Å². The summed E-state index contributed by atoms with van der Waals surface area (Å²) in [5.74, 6) is 2.10. The lowest BCUT2D eigenvalue weighted by Gasteiger charge is -2.35. The van der Waals surface area contributed by atoms with E-state index >= 15 is 0 Å². The zero-order chi connectivity index (χ0) is 18.6. The molecular weight excluding hydrogens is 348 g/mol. The minimum atomic E-state index is 0.0565. The van der Waals surface area contributed by atoms with Crippen LogP contribution in [-0.4, -0.2) is 42.0 Å². The minimum absolute atomic E-state index is 0.0565. The van der Waals surface area contributed by atoms with E-state index in [1.807, 2.05) is 29.2 Å². The summed E-state index contributed by atoms with van der Waals surface area (Å²) in [5, 5.41) is 4.03. The second-order valence-electron chi connectivity index (χ2n) is 6.89. The van der Waals surface area contributed by atoms with Crippen LogP contribution in [0.4, 0.5) is 0 Å². The highest BCUT2D eigenvalue weighted by Gasteiger charge is 2.25. The van der Waals surface area contributed by atoms with E-state index in [4.69, 9.17) is 18.7 Å². The Labute approximate surface area is 158 Å². The fourth-order valence-electron chi connectivity index (χ4n) is 3.64. The fraction of sp³-hybridized carbons (Fsp3) is 0.500. The Morgan fingerprint density at radius 1 is 1.26 bits per heavy atom. The number of carbonyl (C=O) groups is 1. The molecule has 1 atom stereocenters. The van der Waals surface area contributed by atoms with Gasteiger partial charge in [-0.25, -0.2) is 0 Å². The zero-order valence-corrected chi connectivity index (χ0v) is 15.5. The molecule has 0 spiro atoms. The number of nitrogens with zero attached hydrogens (tertiary/aromatic N) is 2. The molecule has 0 saturated carbocycles. The van der Waals surface area contributed by atoms with Gasteiger partial charge in [0.1, 0.15) is 12.3 Å². The zero-order valence-electron chi connectivity index (χ0n) is 15.5. The average molecular weight is 372 g/mol. The second kappa shape index (κ2) is 8.00. The molecule has 144 valence electrons. The number of likely N-dealkylation sites (tertiary alicyclic amines) is 1. The van der Waals surface area contributed by atoms with Crippen molar-refractivity contribution in [2.24, 2.45) is 0 Å². The van der Waals surface area contributed by atoms with Crippen LogP contribution in [0.25, 0.3) is 11.3 Å². The number of fused-ring (bicyclic) bond motifs is 1. The molecule has 1 saturated heterocycles. The highest BCUT2D eigenvalue weighted by Crippen LogP contribution is 2.36. The molecular formula is C20H24N2O5. The van der Waals surface area contributed by atoms with Gasteiger partial charge >= 0.3 is 0 Å². The van der Waals surface area contributed by atoms with Gasteiger partial charge in [-0.15, -0.1) is 0 Å². The van der Waals surface area contributed by atoms with Gasteiger partial charge in [0, 0.05) is 24.2 Å². The first-order chi connectivity index (χ1) is 13.2. The van der Waals surface area contributed by atoms with Crippen LogP contribution >= 0.6 is 0 Å². The van der Waals surface area contributed by atoms with E-state index in [2.05, 4.69) is 12.1 Å². The Kier molecular flexibility index (Phi) is 5.29. The quantitative estimate of drug-likeness (QED) is 0.774. The number of hydrogen-bond acceptors (Lipinski definition) is 6. The van der Waals surface area contributed by atoms with Crippen molar-refractivity contribution in [3.63, 3.8) is 0 Å². The Hall–Kier alpha value is -2.54. The van der Waals surface area contributed by atoms with Crippen molar-refractivity contribution in [2.45, 2.75) is 45.3 Å². The second-order valence-corrected chi connectivity index (χ2v) is 6.89. The van der Waals surface area contributed by atoms with Crippen LogP contribution in [0, 0.1) is 0 Å². The molecule has 2 aromatic rings. The number of amides is 1. The number of ether oxygens (including phenoxy) is 3. The van der Waals surface area contributed by atoms with Crippen LogP contribution in [0.15, 0.2) is 28.8 Å². The van der Waals surface area contributed by atoms with Gasteiger partial charge in [0.2, 0.25) is 12.7 Å². The number of hydrogen-bond donors (Lipinski definition) is 0. The number of aromatic nitrogens is 1. The van der Waals surface area contributed by atoms with Crippen molar-refractivity contribution < 1.29 is 23.5 Å². The van der Waals surface area contributed by atoms with Crippen LogP contribution in [0.5, 0.6) is 11.5 Å². The molecule has 0 aliphatic carbocycles. The lowest BCUT2D eigenvalue weighted by atomic mass is 10.00. The van der Waals surface area contributed by atoms with Crippen molar-refractivity contribution in [1.29, 1.82) is 0 Å². The summed E-state index contributed by atoms with van der Waals surface area (Å²) in [4.78, 5) is 14.4. The van der Waals surface area contributed by atoms with E-state index in [0.29, 0.717) is 23.2 Å². The largest absolute Gasteiger partial charge is 0.454 e. The topological polar surface area (TPSA) is 74.0 Å². The average Bonchev–Trinajstić information content (AvgIpc) is 3.36. The van der Waals surface area contributed by atoms with Gasteiger partial charge in [-0.1, -0.05) is 12.1 Å². The standard InChI is InChI=1S/C20H24N2O5/c1-2-16-5-3-4-8-22(16)20(23)12-24-11-15-10-18(27-21-15)14-6-7-17-19(9-14)26-13-25-17/h6-7,9-10,16H,2-5,8,11-13H2,1H3. The smallest absolute Gasteiger partial charge is 0.248 e.